The van der Waals surface area contributed by atoms with Gasteiger partial charge >= 0.3 is 12.0 Å². The molecule has 8 heteroatoms. The van der Waals surface area contributed by atoms with Crippen molar-refractivity contribution in [2.24, 2.45) is 7.05 Å². The fourth-order valence-corrected chi connectivity index (χ4v) is 1.67. The predicted octanol–water partition coefficient (Wildman–Crippen LogP) is 1.58. The van der Waals surface area contributed by atoms with Gasteiger partial charge in [0.1, 0.15) is 5.82 Å². The lowest BCUT2D eigenvalue weighted by atomic mass is 10.2. The van der Waals surface area contributed by atoms with Crippen LogP contribution in [-0.2, 0) is 13.6 Å². The molecule has 21 heavy (non-hydrogen) atoms. The number of hydrogen-bond acceptors (Lipinski definition) is 3. The van der Waals surface area contributed by atoms with Crippen LogP contribution < -0.4 is 10.6 Å². The van der Waals surface area contributed by atoms with Crippen molar-refractivity contribution in [2.75, 3.05) is 5.32 Å². The highest BCUT2D eigenvalue weighted by molar-refractivity contribution is 5.93. The number of carboxylic acid groups (broad SMARTS) is 1. The maximum Gasteiger partial charge on any atom is 0.335 e. The second kappa shape index (κ2) is 6.04. The van der Waals surface area contributed by atoms with Crippen molar-refractivity contribution in [3.8, 4) is 0 Å². The highest BCUT2D eigenvalue weighted by Gasteiger charge is 2.11. The first-order chi connectivity index (χ1) is 9.97. The lowest BCUT2D eigenvalue weighted by molar-refractivity contribution is 0.0697. The van der Waals surface area contributed by atoms with Crippen LogP contribution >= 0.6 is 0 Å². The van der Waals surface area contributed by atoms with Crippen molar-refractivity contribution in [1.82, 2.24) is 15.1 Å². The molecule has 0 atom stereocenters. The van der Waals surface area contributed by atoms with Crippen LogP contribution in [0, 0.1) is 5.82 Å². The van der Waals surface area contributed by atoms with Gasteiger partial charge in [-0.15, -0.1) is 0 Å². The smallest absolute Gasteiger partial charge is 0.335 e. The van der Waals surface area contributed by atoms with E-state index >= 15 is 0 Å². The van der Waals surface area contributed by atoms with Gasteiger partial charge in [-0.3, -0.25) is 4.68 Å². The third-order valence-corrected chi connectivity index (χ3v) is 2.81. The maximum absolute atomic E-state index is 13.5. The lowest BCUT2D eigenvalue weighted by Crippen LogP contribution is -2.29. The van der Waals surface area contributed by atoms with E-state index in [1.54, 1.807) is 24.0 Å². The van der Waals surface area contributed by atoms with Crippen LogP contribution in [0.5, 0.6) is 0 Å². The van der Waals surface area contributed by atoms with Crippen LogP contribution in [-0.4, -0.2) is 26.9 Å². The number of rotatable bonds is 4. The van der Waals surface area contributed by atoms with E-state index in [1.807, 2.05) is 0 Å². The summed E-state index contributed by atoms with van der Waals surface area (Å²) < 4.78 is 15.1. The van der Waals surface area contributed by atoms with Crippen LogP contribution in [0.15, 0.2) is 30.5 Å². The summed E-state index contributed by atoms with van der Waals surface area (Å²) in [5.41, 5.74) is 0.459. The monoisotopic (exact) mass is 292 g/mol. The zero-order valence-electron chi connectivity index (χ0n) is 11.1. The fraction of sp³-hybridized carbons (Fsp3) is 0.154. The van der Waals surface area contributed by atoms with Crippen molar-refractivity contribution < 1.29 is 19.1 Å². The molecule has 1 heterocycles. The maximum atomic E-state index is 13.5. The average Bonchev–Trinajstić information content (AvgIpc) is 2.84. The zero-order valence-corrected chi connectivity index (χ0v) is 11.1. The third-order valence-electron chi connectivity index (χ3n) is 2.81. The Hall–Kier alpha value is -2.90. The van der Waals surface area contributed by atoms with E-state index in [2.05, 4.69) is 15.7 Å². The summed E-state index contributed by atoms with van der Waals surface area (Å²) in [5.74, 6) is -1.91. The Morgan fingerprint density at radius 1 is 1.38 bits per heavy atom. The molecular weight excluding hydrogens is 279 g/mol. The van der Waals surface area contributed by atoms with Crippen molar-refractivity contribution in [1.29, 1.82) is 0 Å². The summed E-state index contributed by atoms with van der Waals surface area (Å²) in [5, 5.41) is 17.6. The van der Waals surface area contributed by atoms with Crippen molar-refractivity contribution in [3.63, 3.8) is 0 Å². The largest absolute Gasteiger partial charge is 0.478 e. The molecule has 0 aliphatic rings. The van der Waals surface area contributed by atoms with Gasteiger partial charge in [0.2, 0.25) is 0 Å². The number of carbonyl (C=O) groups excluding carboxylic acids is 1. The fourth-order valence-electron chi connectivity index (χ4n) is 1.67. The molecule has 0 fully saturated rings. The first-order valence-electron chi connectivity index (χ1n) is 6.02. The Bertz CT molecular complexity index is 684. The molecule has 1 aromatic carbocycles. The number of amides is 2. The molecule has 0 spiro atoms. The number of aromatic carboxylic acids is 1. The van der Waals surface area contributed by atoms with E-state index < -0.39 is 17.8 Å². The second-order valence-electron chi connectivity index (χ2n) is 4.25. The van der Waals surface area contributed by atoms with Gasteiger partial charge in [0.25, 0.3) is 0 Å². The van der Waals surface area contributed by atoms with Crippen LogP contribution in [0.1, 0.15) is 16.1 Å². The molecule has 3 N–H and O–H groups in total. The van der Waals surface area contributed by atoms with E-state index in [1.165, 1.54) is 0 Å². The van der Waals surface area contributed by atoms with E-state index in [4.69, 9.17) is 5.11 Å². The number of aryl methyl sites for hydroxylation is 1. The van der Waals surface area contributed by atoms with Gasteiger partial charge in [0.15, 0.2) is 0 Å². The molecule has 0 radical (unpaired) electrons. The molecule has 0 aliphatic carbocycles. The predicted molar refractivity (Wildman–Crippen MR) is 72.4 cm³/mol. The van der Waals surface area contributed by atoms with Crippen LogP contribution in [0.4, 0.5) is 14.9 Å². The Kier molecular flexibility index (Phi) is 4.17. The van der Waals surface area contributed by atoms with Crippen LogP contribution in [0.2, 0.25) is 0 Å². The number of aromatic nitrogens is 2. The van der Waals surface area contributed by atoms with Crippen LogP contribution in [0.3, 0.4) is 0 Å². The van der Waals surface area contributed by atoms with Crippen LogP contribution in [0.25, 0.3) is 0 Å². The second-order valence-corrected chi connectivity index (χ2v) is 4.25. The number of halogens is 1. The first kappa shape index (κ1) is 14.5. The number of carbonyl (C=O) groups is 2. The number of nitrogens with zero attached hydrogens (tertiary/aromatic N) is 2. The molecule has 2 aromatic rings. The van der Waals surface area contributed by atoms with Gasteiger partial charge in [-0.1, -0.05) is 0 Å². The average molecular weight is 292 g/mol. The molecule has 0 saturated heterocycles. The molecule has 2 amide bonds. The molecule has 0 bridgehead atoms. The SMILES string of the molecule is Cn1nccc1CNC(=O)Nc1cc(C(=O)O)ccc1F. The van der Waals surface area contributed by atoms with Crippen molar-refractivity contribution in [3.05, 3.63) is 47.5 Å². The van der Waals surface area contributed by atoms with Crippen molar-refractivity contribution in [2.45, 2.75) is 6.54 Å². The molecule has 2 rings (SSSR count). The van der Waals surface area contributed by atoms with E-state index in [9.17, 15) is 14.0 Å². The molecule has 7 nitrogen and oxygen atoms in total. The minimum Gasteiger partial charge on any atom is -0.478 e. The van der Waals surface area contributed by atoms with E-state index in [-0.39, 0.29) is 17.8 Å². The highest BCUT2D eigenvalue weighted by Crippen LogP contribution is 2.16. The van der Waals surface area contributed by atoms with Crippen molar-refractivity contribution >= 4 is 17.7 Å². The molecule has 110 valence electrons. The number of benzene rings is 1. The van der Waals surface area contributed by atoms with E-state index in [0.29, 0.717) is 0 Å². The third kappa shape index (κ3) is 3.56. The summed E-state index contributed by atoms with van der Waals surface area (Å²) in [7, 11) is 1.73. The minimum atomic E-state index is -1.20. The lowest BCUT2D eigenvalue weighted by Gasteiger charge is -2.09. The normalized spacial score (nSPS) is 10.2. The summed E-state index contributed by atoms with van der Waals surface area (Å²) in [4.78, 5) is 22.5. The van der Waals surface area contributed by atoms with Gasteiger partial charge < -0.3 is 15.7 Å². The van der Waals surface area contributed by atoms with Gasteiger partial charge in [-0.25, -0.2) is 14.0 Å². The molecule has 0 unspecified atom stereocenters. The Labute approximate surface area is 119 Å². The van der Waals surface area contributed by atoms with Gasteiger partial charge in [0, 0.05) is 13.2 Å². The number of nitrogens with one attached hydrogen (secondary N) is 2. The van der Waals surface area contributed by atoms with Gasteiger partial charge in [0.05, 0.1) is 23.5 Å². The molecule has 1 aromatic heterocycles. The quantitative estimate of drug-likeness (QED) is 0.797. The number of anilines is 1. The Morgan fingerprint density at radius 3 is 2.76 bits per heavy atom. The summed E-state index contributed by atoms with van der Waals surface area (Å²) in [6.07, 6.45) is 1.59. The first-order valence-corrected chi connectivity index (χ1v) is 6.02. The minimum absolute atomic E-state index is 0.113. The zero-order chi connectivity index (χ0) is 15.4. The van der Waals surface area contributed by atoms with E-state index in [0.717, 1.165) is 23.9 Å². The summed E-state index contributed by atoms with van der Waals surface area (Å²) >= 11 is 0. The standard InChI is InChI=1S/C13H13FN4O3/c1-18-9(4-5-16-18)7-15-13(21)17-11-6-8(12(19)20)2-3-10(11)14/h2-6H,7H2,1H3,(H,19,20)(H2,15,17,21). The number of hydrogen-bond donors (Lipinski definition) is 3. The topological polar surface area (TPSA) is 96.3 Å². The van der Waals surface area contributed by atoms with Gasteiger partial charge in [-0.2, -0.15) is 5.10 Å². The summed E-state index contributed by atoms with van der Waals surface area (Å²) in [6, 6.07) is 4.25. The van der Waals surface area contributed by atoms with Gasteiger partial charge in [-0.05, 0) is 24.3 Å². The molecular formula is C13H13FN4O3. The number of carboxylic acids is 1. The molecule has 0 aliphatic heterocycles. The summed E-state index contributed by atoms with van der Waals surface area (Å²) in [6.45, 7) is 0.211. The molecule has 0 saturated carbocycles. The Balaban J connectivity index is 2.01. The highest BCUT2D eigenvalue weighted by atomic mass is 19.1. The number of urea groups is 1. The Morgan fingerprint density at radius 2 is 2.14 bits per heavy atom.